The smallest absolute Gasteiger partial charge is 0.311 e. The molecular weight excluding hydrogens is 292 g/mol. The quantitative estimate of drug-likeness (QED) is 0.412. The predicted octanol–water partition coefficient (Wildman–Crippen LogP) is 4.07. The van der Waals surface area contributed by atoms with Gasteiger partial charge in [0.2, 0.25) is 0 Å². The van der Waals surface area contributed by atoms with Crippen molar-refractivity contribution in [3.8, 4) is 5.75 Å². The monoisotopic (exact) mass is 312 g/mol. The van der Waals surface area contributed by atoms with Gasteiger partial charge in [-0.05, 0) is 37.5 Å². The van der Waals surface area contributed by atoms with Crippen LogP contribution in [0, 0.1) is 6.92 Å². The molecule has 0 aliphatic heterocycles. The highest BCUT2D eigenvalue weighted by Crippen LogP contribution is 2.25. The highest BCUT2D eigenvalue weighted by molar-refractivity contribution is 6.32. The van der Waals surface area contributed by atoms with Gasteiger partial charge in [-0.25, -0.2) is 0 Å². The first-order valence-corrected chi connectivity index (χ1v) is 7.53. The number of benzene rings is 1. The summed E-state index contributed by atoms with van der Waals surface area (Å²) in [5.74, 6) is -0.319. The van der Waals surface area contributed by atoms with E-state index in [9.17, 15) is 9.59 Å². The van der Waals surface area contributed by atoms with Crippen LogP contribution >= 0.6 is 11.6 Å². The Labute approximate surface area is 130 Å². The molecule has 4 nitrogen and oxygen atoms in total. The highest BCUT2D eigenvalue weighted by atomic mass is 35.5. The molecule has 0 atom stereocenters. The molecule has 0 saturated carbocycles. The lowest BCUT2D eigenvalue weighted by atomic mass is 10.2. The summed E-state index contributed by atoms with van der Waals surface area (Å²) in [6.45, 7) is 4.36. The van der Waals surface area contributed by atoms with Crippen LogP contribution in [0.3, 0.4) is 0 Å². The topological polar surface area (TPSA) is 52.6 Å². The van der Waals surface area contributed by atoms with E-state index in [1.54, 1.807) is 12.1 Å². The molecule has 0 radical (unpaired) electrons. The molecule has 0 heterocycles. The molecular formula is C16H21ClO4. The summed E-state index contributed by atoms with van der Waals surface area (Å²) in [5.41, 5.74) is 0.960. The Kier molecular flexibility index (Phi) is 7.83. The zero-order chi connectivity index (χ0) is 15.7. The van der Waals surface area contributed by atoms with Crippen molar-refractivity contribution in [2.75, 3.05) is 6.61 Å². The second-order valence-corrected chi connectivity index (χ2v) is 5.24. The van der Waals surface area contributed by atoms with E-state index in [-0.39, 0.29) is 18.8 Å². The maximum atomic E-state index is 11.7. The average molecular weight is 313 g/mol. The standard InChI is InChI=1S/C16H21ClO4/c1-3-4-10-20-15(18)6-5-7-16(19)21-14-11-12(2)8-9-13(14)17/h8-9,11H,3-7,10H2,1-2H3. The van der Waals surface area contributed by atoms with Gasteiger partial charge in [0.1, 0.15) is 5.75 Å². The van der Waals surface area contributed by atoms with Gasteiger partial charge >= 0.3 is 11.9 Å². The van der Waals surface area contributed by atoms with E-state index in [0.717, 1.165) is 18.4 Å². The summed E-state index contributed by atoms with van der Waals surface area (Å²) in [5, 5.41) is 0.396. The average Bonchev–Trinajstić information content (AvgIpc) is 2.43. The molecule has 0 unspecified atom stereocenters. The first-order valence-electron chi connectivity index (χ1n) is 7.15. The van der Waals surface area contributed by atoms with E-state index in [2.05, 4.69) is 0 Å². The number of esters is 2. The second-order valence-electron chi connectivity index (χ2n) is 4.84. The summed E-state index contributed by atoms with van der Waals surface area (Å²) in [6.07, 6.45) is 2.64. The summed E-state index contributed by atoms with van der Waals surface area (Å²) in [6, 6.07) is 5.23. The Morgan fingerprint density at radius 2 is 1.86 bits per heavy atom. The van der Waals surface area contributed by atoms with Crippen LogP contribution in [0.4, 0.5) is 0 Å². The highest BCUT2D eigenvalue weighted by Gasteiger charge is 2.10. The summed E-state index contributed by atoms with van der Waals surface area (Å²) in [4.78, 5) is 23.0. The predicted molar refractivity (Wildman–Crippen MR) is 81.5 cm³/mol. The molecule has 0 saturated heterocycles. The van der Waals surface area contributed by atoms with Crippen molar-refractivity contribution < 1.29 is 19.1 Å². The number of ether oxygens (including phenoxy) is 2. The number of carbonyl (C=O) groups is 2. The first-order chi connectivity index (χ1) is 10.0. The van der Waals surface area contributed by atoms with Crippen molar-refractivity contribution >= 4 is 23.5 Å². The summed E-state index contributed by atoms with van der Waals surface area (Å²) >= 11 is 5.94. The number of hydrogen-bond donors (Lipinski definition) is 0. The minimum atomic E-state index is -0.399. The van der Waals surface area contributed by atoms with Crippen molar-refractivity contribution in [1.82, 2.24) is 0 Å². The van der Waals surface area contributed by atoms with Gasteiger partial charge in [0, 0.05) is 12.8 Å². The van der Waals surface area contributed by atoms with Crippen LogP contribution in [0.1, 0.15) is 44.6 Å². The Morgan fingerprint density at radius 3 is 2.57 bits per heavy atom. The van der Waals surface area contributed by atoms with Crippen LogP contribution in [0.5, 0.6) is 5.75 Å². The summed E-state index contributed by atoms with van der Waals surface area (Å²) < 4.78 is 10.2. The molecule has 0 bridgehead atoms. The van der Waals surface area contributed by atoms with E-state index in [1.165, 1.54) is 0 Å². The van der Waals surface area contributed by atoms with Gasteiger partial charge in [0.15, 0.2) is 0 Å². The molecule has 0 fully saturated rings. The van der Waals surface area contributed by atoms with E-state index in [1.807, 2.05) is 19.9 Å². The molecule has 0 spiro atoms. The fourth-order valence-electron chi connectivity index (χ4n) is 1.64. The molecule has 0 aliphatic rings. The Hall–Kier alpha value is -1.55. The van der Waals surface area contributed by atoms with E-state index < -0.39 is 5.97 Å². The largest absolute Gasteiger partial charge is 0.466 e. The maximum absolute atomic E-state index is 11.7. The van der Waals surface area contributed by atoms with Gasteiger partial charge < -0.3 is 9.47 Å². The molecule has 21 heavy (non-hydrogen) atoms. The molecule has 116 valence electrons. The molecule has 0 aromatic heterocycles. The first kappa shape index (κ1) is 17.5. The minimum Gasteiger partial charge on any atom is -0.466 e. The van der Waals surface area contributed by atoms with Crippen molar-refractivity contribution in [1.29, 1.82) is 0 Å². The third-order valence-electron chi connectivity index (χ3n) is 2.83. The van der Waals surface area contributed by atoms with Crippen molar-refractivity contribution in [3.63, 3.8) is 0 Å². The van der Waals surface area contributed by atoms with Crippen molar-refractivity contribution in [2.24, 2.45) is 0 Å². The van der Waals surface area contributed by atoms with E-state index in [4.69, 9.17) is 21.1 Å². The van der Waals surface area contributed by atoms with Crippen LogP contribution in [-0.2, 0) is 14.3 Å². The second kappa shape index (κ2) is 9.40. The SMILES string of the molecule is CCCCOC(=O)CCCC(=O)Oc1cc(C)ccc1Cl. The third-order valence-corrected chi connectivity index (χ3v) is 3.15. The number of carbonyl (C=O) groups excluding carboxylic acids is 2. The fourth-order valence-corrected chi connectivity index (χ4v) is 1.80. The number of hydrogen-bond acceptors (Lipinski definition) is 4. The van der Waals surface area contributed by atoms with Gasteiger partial charge in [0.25, 0.3) is 0 Å². The number of aryl methyl sites for hydroxylation is 1. The normalized spacial score (nSPS) is 10.2. The van der Waals surface area contributed by atoms with Crippen molar-refractivity contribution in [2.45, 2.75) is 46.0 Å². The van der Waals surface area contributed by atoms with Gasteiger partial charge in [-0.1, -0.05) is 31.0 Å². The van der Waals surface area contributed by atoms with Gasteiger partial charge in [-0.3, -0.25) is 9.59 Å². The fraction of sp³-hybridized carbons (Fsp3) is 0.500. The Balaban J connectivity index is 2.28. The maximum Gasteiger partial charge on any atom is 0.311 e. The zero-order valence-corrected chi connectivity index (χ0v) is 13.2. The van der Waals surface area contributed by atoms with Gasteiger partial charge in [0.05, 0.1) is 11.6 Å². The molecule has 0 aliphatic carbocycles. The Bertz CT molecular complexity index is 485. The molecule has 1 aromatic rings. The summed E-state index contributed by atoms with van der Waals surface area (Å²) in [7, 11) is 0. The van der Waals surface area contributed by atoms with Crippen LogP contribution in [0.15, 0.2) is 18.2 Å². The number of rotatable bonds is 8. The molecule has 0 amide bonds. The van der Waals surface area contributed by atoms with Crippen LogP contribution < -0.4 is 4.74 Å². The Morgan fingerprint density at radius 1 is 1.14 bits per heavy atom. The molecule has 0 N–H and O–H groups in total. The minimum absolute atomic E-state index is 0.160. The van der Waals surface area contributed by atoms with Gasteiger partial charge in [-0.15, -0.1) is 0 Å². The van der Waals surface area contributed by atoms with E-state index in [0.29, 0.717) is 23.8 Å². The van der Waals surface area contributed by atoms with Crippen molar-refractivity contribution in [3.05, 3.63) is 28.8 Å². The lowest BCUT2D eigenvalue weighted by Gasteiger charge is -2.07. The number of unbranched alkanes of at least 4 members (excludes halogenated alkanes) is 1. The van der Waals surface area contributed by atoms with E-state index >= 15 is 0 Å². The molecule has 1 rings (SSSR count). The molecule has 5 heteroatoms. The third kappa shape index (κ3) is 7.14. The van der Waals surface area contributed by atoms with Gasteiger partial charge in [-0.2, -0.15) is 0 Å². The molecule has 1 aromatic carbocycles. The van der Waals surface area contributed by atoms with Crippen LogP contribution in [0.2, 0.25) is 5.02 Å². The van der Waals surface area contributed by atoms with Crippen LogP contribution in [0.25, 0.3) is 0 Å². The zero-order valence-electron chi connectivity index (χ0n) is 12.5. The lowest BCUT2D eigenvalue weighted by Crippen LogP contribution is -2.10. The van der Waals surface area contributed by atoms with Crippen LogP contribution in [-0.4, -0.2) is 18.5 Å². The lowest BCUT2D eigenvalue weighted by molar-refractivity contribution is -0.144. The number of halogens is 1.